The van der Waals surface area contributed by atoms with Gasteiger partial charge in [0.2, 0.25) is 0 Å². The van der Waals surface area contributed by atoms with E-state index in [1.165, 1.54) is 24.2 Å². The minimum Gasteiger partial charge on any atom is -0.381 e. The van der Waals surface area contributed by atoms with Crippen LogP contribution in [0.5, 0.6) is 0 Å². The van der Waals surface area contributed by atoms with Crippen molar-refractivity contribution in [2.75, 3.05) is 24.3 Å². The van der Waals surface area contributed by atoms with Crippen LogP contribution in [0.2, 0.25) is 0 Å². The maximum Gasteiger partial charge on any atom is 0.0596 e. The Morgan fingerprint density at radius 2 is 1.92 bits per heavy atom. The Bertz CT molecular complexity index is 290. The summed E-state index contributed by atoms with van der Waals surface area (Å²) in [7, 11) is 4.15. The molecule has 2 rings (SSSR count). The summed E-state index contributed by atoms with van der Waals surface area (Å²) in [5.41, 5.74) is 2.53. The Morgan fingerprint density at radius 1 is 1.23 bits per heavy atom. The van der Waals surface area contributed by atoms with Gasteiger partial charge >= 0.3 is 0 Å². The van der Waals surface area contributed by atoms with Crippen molar-refractivity contribution in [3.8, 4) is 0 Å². The van der Waals surface area contributed by atoms with Crippen LogP contribution in [0.15, 0.2) is 24.3 Å². The first-order chi connectivity index (χ1) is 6.27. The Hall–Kier alpha value is -1.18. The number of rotatable bonds is 3. The van der Waals surface area contributed by atoms with Crippen LogP contribution in [-0.2, 0) is 0 Å². The molecule has 0 amide bonds. The third kappa shape index (κ3) is 1.94. The Balaban J connectivity index is 2.20. The molecule has 1 aromatic rings. The SMILES string of the molecule is CN(C)c1ccccc1NC1CC1. The summed E-state index contributed by atoms with van der Waals surface area (Å²) in [6.07, 6.45) is 2.64. The van der Waals surface area contributed by atoms with Crippen LogP contribution < -0.4 is 10.2 Å². The number of hydrogen-bond acceptors (Lipinski definition) is 2. The van der Waals surface area contributed by atoms with E-state index in [0.717, 1.165) is 6.04 Å². The van der Waals surface area contributed by atoms with Gasteiger partial charge in [-0.1, -0.05) is 12.1 Å². The molecule has 1 saturated carbocycles. The van der Waals surface area contributed by atoms with Gasteiger partial charge in [-0.3, -0.25) is 0 Å². The molecular weight excluding hydrogens is 160 g/mol. The molecule has 2 heteroatoms. The molecule has 1 N–H and O–H groups in total. The molecule has 0 atom stereocenters. The maximum absolute atomic E-state index is 3.52. The molecular formula is C11H16N2. The van der Waals surface area contributed by atoms with E-state index in [9.17, 15) is 0 Å². The van der Waals surface area contributed by atoms with Crippen LogP contribution in [-0.4, -0.2) is 20.1 Å². The van der Waals surface area contributed by atoms with E-state index in [0.29, 0.717) is 0 Å². The zero-order chi connectivity index (χ0) is 9.26. The van der Waals surface area contributed by atoms with Crippen molar-refractivity contribution in [1.82, 2.24) is 0 Å². The summed E-state index contributed by atoms with van der Waals surface area (Å²) in [5.74, 6) is 0. The third-order valence-electron chi connectivity index (χ3n) is 2.32. The van der Waals surface area contributed by atoms with Gasteiger partial charge in [-0.2, -0.15) is 0 Å². The van der Waals surface area contributed by atoms with Crippen molar-refractivity contribution >= 4 is 11.4 Å². The van der Waals surface area contributed by atoms with Crippen molar-refractivity contribution in [3.05, 3.63) is 24.3 Å². The first-order valence-corrected chi connectivity index (χ1v) is 4.80. The lowest BCUT2D eigenvalue weighted by Crippen LogP contribution is -2.12. The molecule has 0 unspecified atom stereocenters. The smallest absolute Gasteiger partial charge is 0.0596 e. The molecule has 0 heterocycles. The number of para-hydroxylation sites is 2. The third-order valence-corrected chi connectivity index (χ3v) is 2.32. The van der Waals surface area contributed by atoms with Crippen LogP contribution >= 0.6 is 0 Å². The number of nitrogens with zero attached hydrogens (tertiary/aromatic N) is 1. The first-order valence-electron chi connectivity index (χ1n) is 4.80. The fourth-order valence-electron chi connectivity index (χ4n) is 1.43. The minimum atomic E-state index is 0.723. The number of anilines is 2. The van der Waals surface area contributed by atoms with Crippen LogP contribution in [0.4, 0.5) is 11.4 Å². The molecule has 0 aromatic heterocycles. The molecule has 0 spiro atoms. The number of nitrogens with one attached hydrogen (secondary N) is 1. The fraction of sp³-hybridized carbons (Fsp3) is 0.455. The fourth-order valence-corrected chi connectivity index (χ4v) is 1.43. The van der Waals surface area contributed by atoms with Crippen LogP contribution in [0, 0.1) is 0 Å². The van der Waals surface area contributed by atoms with Gasteiger partial charge in [-0.15, -0.1) is 0 Å². The lowest BCUT2D eigenvalue weighted by atomic mass is 10.2. The Kier molecular flexibility index (Phi) is 2.13. The molecule has 1 aromatic carbocycles. The van der Waals surface area contributed by atoms with E-state index in [2.05, 4.69) is 48.6 Å². The van der Waals surface area contributed by atoms with E-state index < -0.39 is 0 Å². The molecule has 2 nitrogen and oxygen atoms in total. The van der Waals surface area contributed by atoms with E-state index in [1.54, 1.807) is 0 Å². The van der Waals surface area contributed by atoms with E-state index in [4.69, 9.17) is 0 Å². The standard InChI is InChI=1S/C11H16N2/c1-13(2)11-6-4-3-5-10(11)12-9-7-8-9/h3-6,9,12H,7-8H2,1-2H3. The number of hydrogen-bond donors (Lipinski definition) is 1. The average Bonchev–Trinajstić information content (AvgIpc) is 2.89. The normalized spacial score (nSPS) is 15.5. The molecule has 1 aliphatic carbocycles. The van der Waals surface area contributed by atoms with Crippen LogP contribution in [0.3, 0.4) is 0 Å². The van der Waals surface area contributed by atoms with Crippen molar-refractivity contribution in [2.24, 2.45) is 0 Å². The lowest BCUT2D eigenvalue weighted by Gasteiger charge is -2.17. The second-order valence-corrected chi connectivity index (χ2v) is 3.83. The van der Waals surface area contributed by atoms with Gasteiger partial charge in [0.05, 0.1) is 11.4 Å². The van der Waals surface area contributed by atoms with Crippen molar-refractivity contribution in [1.29, 1.82) is 0 Å². The minimum absolute atomic E-state index is 0.723. The van der Waals surface area contributed by atoms with Crippen LogP contribution in [0.25, 0.3) is 0 Å². The van der Waals surface area contributed by atoms with E-state index >= 15 is 0 Å². The summed E-state index contributed by atoms with van der Waals surface area (Å²) >= 11 is 0. The second kappa shape index (κ2) is 3.29. The summed E-state index contributed by atoms with van der Waals surface area (Å²) in [5, 5.41) is 3.52. The second-order valence-electron chi connectivity index (χ2n) is 3.83. The van der Waals surface area contributed by atoms with Crippen molar-refractivity contribution in [3.63, 3.8) is 0 Å². The van der Waals surface area contributed by atoms with Gasteiger partial charge in [-0.05, 0) is 25.0 Å². The van der Waals surface area contributed by atoms with Gasteiger partial charge in [0.15, 0.2) is 0 Å². The van der Waals surface area contributed by atoms with Crippen molar-refractivity contribution in [2.45, 2.75) is 18.9 Å². The highest BCUT2D eigenvalue weighted by atomic mass is 15.1. The van der Waals surface area contributed by atoms with Crippen molar-refractivity contribution < 1.29 is 0 Å². The topological polar surface area (TPSA) is 15.3 Å². The van der Waals surface area contributed by atoms with E-state index in [1.807, 2.05) is 0 Å². The maximum atomic E-state index is 3.52. The quantitative estimate of drug-likeness (QED) is 0.760. The Labute approximate surface area is 79.6 Å². The Morgan fingerprint density at radius 3 is 2.54 bits per heavy atom. The summed E-state index contributed by atoms with van der Waals surface area (Å²) in [4.78, 5) is 2.14. The molecule has 0 saturated heterocycles. The summed E-state index contributed by atoms with van der Waals surface area (Å²) in [6.45, 7) is 0. The molecule has 0 bridgehead atoms. The van der Waals surface area contributed by atoms with Gasteiger partial charge in [0, 0.05) is 20.1 Å². The number of benzene rings is 1. The molecule has 13 heavy (non-hydrogen) atoms. The molecule has 0 radical (unpaired) electrons. The van der Waals surface area contributed by atoms with Gasteiger partial charge in [-0.25, -0.2) is 0 Å². The predicted molar refractivity (Wildman–Crippen MR) is 57.4 cm³/mol. The van der Waals surface area contributed by atoms with E-state index in [-0.39, 0.29) is 0 Å². The monoisotopic (exact) mass is 176 g/mol. The molecule has 1 fully saturated rings. The summed E-state index contributed by atoms with van der Waals surface area (Å²) in [6, 6.07) is 9.17. The largest absolute Gasteiger partial charge is 0.381 e. The van der Waals surface area contributed by atoms with Crippen LogP contribution in [0.1, 0.15) is 12.8 Å². The van der Waals surface area contributed by atoms with Gasteiger partial charge in [0.1, 0.15) is 0 Å². The highest BCUT2D eigenvalue weighted by Gasteiger charge is 2.21. The molecule has 0 aliphatic heterocycles. The molecule has 1 aliphatic rings. The zero-order valence-electron chi connectivity index (χ0n) is 8.25. The molecule has 70 valence electrons. The van der Waals surface area contributed by atoms with Gasteiger partial charge in [0.25, 0.3) is 0 Å². The predicted octanol–water partition coefficient (Wildman–Crippen LogP) is 2.33. The summed E-state index contributed by atoms with van der Waals surface area (Å²) < 4.78 is 0. The zero-order valence-corrected chi connectivity index (χ0v) is 8.25. The first kappa shape index (κ1) is 8.42. The average molecular weight is 176 g/mol. The lowest BCUT2D eigenvalue weighted by molar-refractivity contribution is 1.10. The highest BCUT2D eigenvalue weighted by Crippen LogP contribution is 2.30. The van der Waals surface area contributed by atoms with Gasteiger partial charge < -0.3 is 10.2 Å². The highest BCUT2D eigenvalue weighted by molar-refractivity contribution is 5.69.